The molecule has 0 atom stereocenters. The average molecular weight is 281 g/mol. The Morgan fingerprint density at radius 1 is 1.05 bits per heavy atom. The summed E-state index contributed by atoms with van der Waals surface area (Å²) in [5.41, 5.74) is -0.499. The Morgan fingerprint density at radius 2 is 1.80 bits per heavy atom. The molecule has 2 aromatic carbocycles. The quantitative estimate of drug-likeness (QED) is 0.936. The number of nitrogens with one attached hydrogen (secondary N) is 1. The van der Waals surface area contributed by atoms with Gasteiger partial charge in [-0.2, -0.15) is 0 Å². The first-order chi connectivity index (χ1) is 9.51. The molecule has 0 saturated carbocycles. The van der Waals surface area contributed by atoms with Gasteiger partial charge in [-0.15, -0.1) is 0 Å². The lowest BCUT2D eigenvalue weighted by Crippen LogP contribution is -2.14. The van der Waals surface area contributed by atoms with E-state index in [1.54, 1.807) is 0 Å². The molecule has 3 nitrogen and oxygen atoms in total. The molecule has 0 unspecified atom stereocenters. The average Bonchev–Trinajstić information content (AvgIpc) is 2.41. The Hall–Kier alpha value is -2.50. The van der Waals surface area contributed by atoms with Gasteiger partial charge < -0.3 is 10.1 Å². The van der Waals surface area contributed by atoms with Crippen molar-refractivity contribution in [1.29, 1.82) is 0 Å². The molecule has 6 heteroatoms. The Bertz CT molecular complexity index is 659. The van der Waals surface area contributed by atoms with Crippen molar-refractivity contribution in [3.05, 3.63) is 59.4 Å². The Balaban J connectivity index is 2.24. The molecule has 0 aliphatic carbocycles. The van der Waals surface area contributed by atoms with Crippen molar-refractivity contribution in [2.24, 2.45) is 0 Å². The zero-order valence-corrected chi connectivity index (χ0v) is 10.4. The van der Waals surface area contributed by atoms with Gasteiger partial charge in [0, 0.05) is 12.1 Å². The van der Waals surface area contributed by atoms with E-state index in [1.807, 2.05) is 0 Å². The second-order valence-electron chi connectivity index (χ2n) is 3.92. The fraction of sp³-hybridized carbons (Fsp3) is 0.0714. The van der Waals surface area contributed by atoms with Crippen LogP contribution in [0.15, 0.2) is 36.4 Å². The van der Waals surface area contributed by atoms with E-state index in [0.29, 0.717) is 6.07 Å². The van der Waals surface area contributed by atoms with E-state index < -0.39 is 23.4 Å². The van der Waals surface area contributed by atoms with Gasteiger partial charge in [-0.25, -0.2) is 13.2 Å². The molecule has 104 valence electrons. The Kier molecular flexibility index (Phi) is 3.93. The number of amides is 1. The number of benzene rings is 2. The van der Waals surface area contributed by atoms with Crippen molar-refractivity contribution < 1.29 is 22.7 Å². The van der Waals surface area contributed by atoms with Gasteiger partial charge in [-0.05, 0) is 24.3 Å². The standard InChI is InChI=1S/C14H10F3NO2/c1-20-9-3-4-10(11(16)7-9)14(19)18-13-5-2-8(15)6-12(13)17/h2-7H,1H3,(H,18,19). The predicted molar refractivity (Wildman–Crippen MR) is 67.3 cm³/mol. The monoisotopic (exact) mass is 281 g/mol. The third kappa shape index (κ3) is 2.90. The molecule has 1 amide bonds. The summed E-state index contributed by atoms with van der Waals surface area (Å²) < 4.78 is 44.6. The fourth-order valence-electron chi connectivity index (χ4n) is 1.59. The molecule has 0 aliphatic rings. The number of halogens is 3. The summed E-state index contributed by atoms with van der Waals surface area (Å²) in [5.74, 6) is -3.09. The van der Waals surface area contributed by atoms with Crippen LogP contribution in [0.1, 0.15) is 10.4 Å². The first-order valence-electron chi connectivity index (χ1n) is 5.61. The lowest BCUT2D eigenvalue weighted by molar-refractivity contribution is 0.102. The van der Waals surface area contributed by atoms with Crippen LogP contribution in [0.5, 0.6) is 5.75 Å². The van der Waals surface area contributed by atoms with Crippen molar-refractivity contribution >= 4 is 11.6 Å². The van der Waals surface area contributed by atoms with E-state index in [-0.39, 0.29) is 17.0 Å². The summed E-state index contributed by atoms with van der Waals surface area (Å²) in [6.45, 7) is 0. The minimum absolute atomic E-state index is 0.230. The maximum atomic E-state index is 13.7. The van der Waals surface area contributed by atoms with E-state index in [0.717, 1.165) is 18.2 Å². The number of methoxy groups -OCH3 is 1. The van der Waals surface area contributed by atoms with E-state index in [9.17, 15) is 18.0 Å². The highest BCUT2D eigenvalue weighted by Crippen LogP contribution is 2.19. The molecule has 20 heavy (non-hydrogen) atoms. The molecular weight excluding hydrogens is 271 g/mol. The van der Waals surface area contributed by atoms with Gasteiger partial charge in [0.05, 0.1) is 18.4 Å². The SMILES string of the molecule is COc1ccc(C(=O)Nc2ccc(F)cc2F)c(F)c1. The molecule has 0 fully saturated rings. The minimum Gasteiger partial charge on any atom is -0.497 e. The van der Waals surface area contributed by atoms with E-state index in [1.165, 1.54) is 19.2 Å². The zero-order chi connectivity index (χ0) is 14.7. The first kappa shape index (κ1) is 13.9. The second-order valence-corrected chi connectivity index (χ2v) is 3.92. The summed E-state index contributed by atoms with van der Waals surface area (Å²) >= 11 is 0. The summed E-state index contributed by atoms with van der Waals surface area (Å²) in [7, 11) is 1.36. The van der Waals surface area contributed by atoms with Gasteiger partial charge in [0.1, 0.15) is 23.2 Å². The molecule has 0 aliphatic heterocycles. The molecule has 1 N–H and O–H groups in total. The highest BCUT2D eigenvalue weighted by Gasteiger charge is 2.14. The Morgan fingerprint density at radius 3 is 2.40 bits per heavy atom. The van der Waals surface area contributed by atoms with Crippen molar-refractivity contribution in [3.8, 4) is 5.75 Å². The molecule has 2 aromatic rings. The third-order valence-electron chi connectivity index (χ3n) is 2.60. The molecule has 0 heterocycles. The number of hydrogen-bond donors (Lipinski definition) is 1. The largest absolute Gasteiger partial charge is 0.497 e. The number of ether oxygens (including phenoxy) is 1. The van der Waals surface area contributed by atoms with Gasteiger partial charge in [0.15, 0.2) is 0 Å². The normalized spacial score (nSPS) is 10.2. The second kappa shape index (κ2) is 5.64. The summed E-state index contributed by atoms with van der Waals surface area (Å²) in [5, 5.41) is 2.17. The highest BCUT2D eigenvalue weighted by molar-refractivity contribution is 6.04. The van der Waals surface area contributed by atoms with Crippen LogP contribution >= 0.6 is 0 Å². The lowest BCUT2D eigenvalue weighted by atomic mass is 10.2. The number of carbonyl (C=O) groups is 1. The van der Waals surface area contributed by atoms with Crippen LogP contribution < -0.4 is 10.1 Å². The predicted octanol–water partition coefficient (Wildman–Crippen LogP) is 3.36. The van der Waals surface area contributed by atoms with Gasteiger partial charge in [0.2, 0.25) is 0 Å². The maximum absolute atomic E-state index is 13.7. The zero-order valence-electron chi connectivity index (χ0n) is 10.4. The van der Waals surface area contributed by atoms with Gasteiger partial charge >= 0.3 is 0 Å². The maximum Gasteiger partial charge on any atom is 0.258 e. The number of carbonyl (C=O) groups excluding carboxylic acids is 1. The number of hydrogen-bond acceptors (Lipinski definition) is 2. The molecular formula is C14H10F3NO2. The van der Waals surface area contributed by atoms with Crippen LogP contribution in [0.3, 0.4) is 0 Å². The molecule has 0 bridgehead atoms. The summed E-state index contributed by atoms with van der Waals surface area (Å²) in [4.78, 5) is 11.8. The van der Waals surface area contributed by atoms with Crippen LogP contribution in [-0.2, 0) is 0 Å². The summed E-state index contributed by atoms with van der Waals surface area (Å²) in [6, 6.07) is 6.33. The van der Waals surface area contributed by atoms with Crippen molar-refractivity contribution in [1.82, 2.24) is 0 Å². The topological polar surface area (TPSA) is 38.3 Å². The number of rotatable bonds is 3. The molecule has 0 radical (unpaired) electrons. The van der Waals surface area contributed by atoms with Crippen molar-refractivity contribution in [3.63, 3.8) is 0 Å². The van der Waals surface area contributed by atoms with Gasteiger partial charge in [-0.3, -0.25) is 4.79 Å². The van der Waals surface area contributed by atoms with E-state index in [4.69, 9.17) is 4.74 Å². The van der Waals surface area contributed by atoms with Gasteiger partial charge in [0.25, 0.3) is 5.91 Å². The van der Waals surface area contributed by atoms with Crippen molar-refractivity contribution in [2.75, 3.05) is 12.4 Å². The van der Waals surface area contributed by atoms with Crippen LogP contribution in [0.4, 0.5) is 18.9 Å². The smallest absolute Gasteiger partial charge is 0.258 e. The molecule has 0 saturated heterocycles. The number of anilines is 1. The summed E-state index contributed by atoms with van der Waals surface area (Å²) in [6.07, 6.45) is 0. The van der Waals surface area contributed by atoms with Crippen LogP contribution in [-0.4, -0.2) is 13.0 Å². The molecule has 0 aromatic heterocycles. The minimum atomic E-state index is -0.938. The van der Waals surface area contributed by atoms with E-state index in [2.05, 4.69) is 5.32 Å². The van der Waals surface area contributed by atoms with Crippen LogP contribution in [0, 0.1) is 17.5 Å². The van der Waals surface area contributed by atoms with E-state index >= 15 is 0 Å². The molecule has 2 rings (SSSR count). The third-order valence-corrected chi connectivity index (χ3v) is 2.60. The van der Waals surface area contributed by atoms with Crippen molar-refractivity contribution in [2.45, 2.75) is 0 Å². The van der Waals surface area contributed by atoms with Gasteiger partial charge in [-0.1, -0.05) is 0 Å². The highest BCUT2D eigenvalue weighted by atomic mass is 19.1. The Labute approximate surface area is 113 Å². The first-order valence-corrected chi connectivity index (χ1v) is 5.61. The fourth-order valence-corrected chi connectivity index (χ4v) is 1.59. The van der Waals surface area contributed by atoms with Crippen LogP contribution in [0.2, 0.25) is 0 Å². The lowest BCUT2D eigenvalue weighted by Gasteiger charge is -2.08. The van der Waals surface area contributed by atoms with Crippen LogP contribution in [0.25, 0.3) is 0 Å². The molecule has 0 spiro atoms.